The van der Waals surface area contributed by atoms with Gasteiger partial charge < -0.3 is 10.0 Å². The van der Waals surface area contributed by atoms with Gasteiger partial charge in [-0.1, -0.05) is 13.0 Å². The van der Waals surface area contributed by atoms with Gasteiger partial charge in [0.1, 0.15) is 11.4 Å². The fourth-order valence-electron chi connectivity index (χ4n) is 1.76. The summed E-state index contributed by atoms with van der Waals surface area (Å²) < 4.78 is 0. The molecular formula is C13H18N2O2. The van der Waals surface area contributed by atoms with Gasteiger partial charge in [-0.2, -0.15) is 0 Å². The highest BCUT2D eigenvalue weighted by atomic mass is 16.4. The average molecular weight is 234 g/mol. The highest BCUT2D eigenvalue weighted by Crippen LogP contribution is 2.21. The van der Waals surface area contributed by atoms with E-state index >= 15 is 0 Å². The molecule has 1 heterocycles. The van der Waals surface area contributed by atoms with Crippen LogP contribution >= 0.6 is 0 Å². The molecule has 0 atom stereocenters. The highest BCUT2D eigenvalue weighted by molar-refractivity contribution is 5.95. The van der Waals surface area contributed by atoms with Crippen LogP contribution in [0.1, 0.15) is 29.3 Å². The standard InChI is InChI=1S/C13H18N2O2/c1-4-8-15(9-5-2)12-11(13(16)17)10(3)6-7-14-12/h4,6-7H,1,5,8-9H2,2-3H3,(H,16,17). The summed E-state index contributed by atoms with van der Waals surface area (Å²) in [6.07, 6.45) is 4.33. The van der Waals surface area contributed by atoms with Gasteiger partial charge in [-0.25, -0.2) is 9.78 Å². The molecule has 17 heavy (non-hydrogen) atoms. The van der Waals surface area contributed by atoms with Crippen LogP contribution in [0.2, 0.25) is 0 Å². The van der Waals surface area contributed by atoms with E-state index < -0.39 is 5.97 Å². The maximum absolute atomic E-state index is 11.3. The quantitative estimate of drug-likeness (QED) is 0.768. The van der Waals surface area contributed by atoms with Crippen LogP contribution in [0.15, 0.2) is 24.9 Å². The smallest absolute Gasteiger partial charge is 0.339 e. The molecule has 4 nitrogen and oxygen atoms in total. The Bertz CT molecular complexity index is 416. The molecule has 1 rings (SSSR count). The van der Waals surface area contributed by atoms with E-state index in [4.69, 9.17) is 0 Å². The van der Waals surface area contributed by atoms with Crippen LogP contribution in [-0.4, -0.2) is 29.1 Å². The molecular weight excluding hydrogens is 216 g/mol. The van der Waals surface area contributed by atoms with Gasteiger partial charge in [-0.3, -0.25) is 0 Å². The first-order valence-corrected chi connectivity index (χ1v) is 5.66. The second-order valence-corrected chi connectivity index (χ2v) is 3.87. The third kappa shape index (κ3) is 3.06. The Morgan fingerprint density at radius 2 is 2.35 bits per heavy atom. The summed E-state index contributed by atoms with van der Waals surface area (Å²) in [4.78, 5) is 17.4. The number of nitrogens with zero attached hydrogens (tertiary/aromatic N) is 2. The number of pyridine rings is 1. The molecule has 92 valence electrons. The lowest BCUT2D eigenvalue weighted by molar-refractivity contribution is 0.0696. The summed E-state index contributed by atoms with van der Waals surface area (Å²) in [5.41, 5.74) is 1.01. The molecule has 0 aliphatic heterocycles. The van der Waals surface area contributed by atoms with Crippen molar-refractivity contribution in [3.8, 4) is 0 Å². The molecule has 0 aliphatic carbocycles. The number of carboxylic acid groups (broad SMARTS) is 1. The van der Waals surface area contributed by atoms with E-state index in [0.29, 0.717) is 12.4 Å². The van der Waals surface area contributed by atoms with Crippen molar-refractivity contribution in [1.29, 1.82) is 0 Å². The summed E-state index contributed by atoms with van der Waals surface area (Å²) in [5, 5.41) is 9.24. The molecule has 0 aromatic carbocycles. The Labute approximate surface area is 102 Å². The van der Waals surface area contributed by atoms with E-state index in [0.717, 1.165) is 18.5 Å². The third-order valence-corrected chi connectivity index (χ3v) is 2.50. The summed E-state index contributed by atoms with van der Waals surface area (Å²) in [5.74, 6) is -0.407. The molecule has 0 saturated carbocycles. The van der Waals surface area contributed by atoms with Crippen LogP contribution < -0.4 is 4.90 Å². The summed E-state index contributed by atoms with van der Waals surface area (Å²) in [7, 11) is 0. The topological polar surface area (TPSA) is 53.4 Å². The largest absolute Gasteiger partial charge is 0.478 e. The first kappa shape index (κ1) is 13.2. The second kappa shape index (κ2) is 6.03. The Morgan fingerprint density at radius 1 is 1.65 bits per heavy atom. The third-order valence-electron chi connectivity index (χ3n) is 2.50. The highest BCUT2D eigenvalue weighted by Gasteiger charge is 2.18. The second-order valence-electron chi connectivity index (χ2n) is 3.87. The number of rotatable bonds is 6. The fourth-order valence-corrected chi connectivity index (χ4v) is 1.76. The molecule has 0 amide bonds. The number of carbonyl (C=O) groups is 1. The molecule has 1 aromatic rings. The Hall–Kier alpha value is -1.84. The Balaban J connectivity index is 3.21. The minimum atomic E-state index is -0.934. The van der Waals surface area contributed by atoms with Crippen molar-refractivity contribution in [2.75, 3.05) is 18.0 Å². The molecule has 1 aromatic heterocycles. The lowest BCUT2D eigenvalue weighted by Crippen LogP contribution is -2.27. The summed E-state index contributed by atoms with van der Waals surface area (Å²) in [6.45, 7) is 8.89. The van der Waals surface area contributed by atoms with E-state index in [1.54, 1.807) is 25.3 Å². The maximum atomic E-state index is 11.3. The van der Waals surface area contributed by atoms with E-state index in [1.165, 1.54) is 0 Å². The lowest BCUT2D eigenvalue weighted by atomic mass is 10.1. The van der Waals surface area contributed by atoms with E-state index in [-0.39, 0.29) is 5.56 Å². The minimum absolute atomic E-state index is 0.280. The van der Waals surface area contributed by atoms with Gasteiger partial charge in [0, 0.05) is 19.3 Å². The predicted octanol–water partition coefficient (Wildman–Crippen LogP) is 2.49. The lowest BCUT2D eigenvalue weighted by Gasteiger charge is -2.23. The average Bonchev–Trinajstić information content (AvgIpc) is 2.28. The SMILES string of the molecule is C=CCN(CCC)c1nccc(C)c1C(=O)O. The van der Waals surface area contributed by atoms with E-state index in [2.05, 4.69) is 11.6 Å². The minimum Gasteiger partial charge on any atom is -0.478 e. The predicted molar refractivity (Wildman–Crippen MR) is 68.6 cm³/mol. The molecule has 0 spiro atoms. The Kier molecular flexibility index (Phi) is 4.69. The van der Waals surface area contributed by atoms with Gasteiger partial charge >= 0.3 is 5.97 Å². The molecule has 0 saturated heterocycles. The number of anilines is 1. The van der Waals surface area contributed by atoms with Crippen LogP contribution in [0, 0.1) is 6.92 Å². The zero-order chi connectivity index (χ0) is 12.8. The number of aromatic carboxylic acids is 1. The first-order chi connectivity index (χ1) is 8.11. The molecule has 0 bridgehead atoms. The maximum Gasteiger partial charge on any atom is 0.339 e. The van der Waals surface area contributed by atoms with Crippen LogP contribution in [-0.2, 0) is 0 Å². The molecule has 4 heteroatoms. The van der Waals surface area contributed by atoms with Crippen LogP contribution in [0.25, 0.3) is 0 Å². The molecule has 1 N–H and O–H groups in total. The molecule has 0 aliphatic rings. The van der Waals surface area contributed by atoms with Gasteiger partial charge in [0.05, 0.1) is 0 Å². The van der Waals surface area contributed by atoms with Crippen molar-refractivity contribution in [3.05, 3.63) is 36.0 Å². The Morgan fingerprint density at radius 3 is 2.88 bits per heavy atom. The number of carboxylic acids is 1. The van der Waals surface area contributed by atoms with Gasteiger partial charge in [0.2, 0.25) is 0 Å². The zero-order valence-corrected chi connectivity index (χ0v) is 10.3. The number of hydrogen-bond acceptors (Lipinski definition) is 3. The zero-order valence-electron chi connectivity index (χ0n) is 10.3. The number of aromatic nitrogens is 1. The van der Waals surface area contributed by atoms with Gasteiger partial charge in [0.25, 0.3) is 0 Å². The van der Waals surface area contributed by atoms with Crippen molar-refractivity contribution in [1.82, 2.24) is 4.98 Å². The van der Waals surface area contributed by atoms with Crippen molar-refractivity contribution in [2.24, 2.45) is 0 Å². The van der Waals surface area contributed by atoms with Crippen molar-refractivity contribution in [3.63, 3.8) is 0 Å². The summed E-state index contributed by atoms with van der Waals surface area (Å²) in [6, 6.07) is 1.71. The van der Waals surface area contributed by atoms with Crippen LogP contribution in [0.4, 0.5) is 5.82 Å². The van der Waals surface area contributed by atoms with Gasteiger partial charge in [0.15, 0.2) is 0 Å². The van der Waals surface area contributed by atoms with Crippen LogP contribution in [0.5, 0.6) is 0 Å². The number of aryl methyl sites for hydroxylation is 1. The van der Waals surface area contributed by atoms with E-state index in [1.807, 2.05) is 11.8 Å². The monoisotopic (exact) mass is 234 g/mol. The summed E-state index contributed by atoms with van der Waals surface area (Å²) >= 11 is 0. The van der Waals surface area contributed by atoms with Crippen LogP contribution in [0.3, 0.4) is 0 Å². The van der Waals surface area contributed by atoms with Crippen molar-refractivity contribution >= 4 is 11.8 Å². The number of hydrogen-bond donors (Lipinski definition) is 1. The van der Waals surface area contributed by atoms with Gasteiger partial charge in [-0.05, 0) is 25.0 Å². The fraction of sp³-hybridized carbons (Fsp3) is 0.385. The molecule has 0 unspecified atom stereocenters. The normalized spacial score (nSPS) is 10.0. The first-order valence-electron chi connectivity index (χ1n) is 5.66. The van der Waals surface area contributed by atoms with E-state index in [9.17, 15) is 9.90 Å². The molecule has 0 radical (unpaired) electrons. The van der Waals surface area contributed by atoms with Crippen molar-refractivity contribution < 1.29 is 9.90 Å². The van der Waals surface area contributed by atoms with Gasteiger partial charge in [-0.15, -0.1) is 6.58 Å². The van der Waals surface area contributed by atoms with Crippen molar-refractivity contribution in [2.45, 2.75) is 20.3 Å². The molecule has 0 fully saturated rings.